The van der Waals surface area contributed by atoms with E-state index in [9.17, 15) is 9.59 Å². The van der Waals surface area contributed by atoms with Crippen LogP contribution in [0.3, 0.4) is 0 Å². The average Bonchev–Trinajstić information content (AvgIpc) is 2.84. The number of carbonyl (C=O) groups excluding carboxylic acids is 2. The van der Waals surface area contributed by atoms with E-state index in [0.717, 1.165) is 0 Å². The fraction of sp³-hybridized carbons (Fsp3) is 0.417. The van der Waals surface area contributed by atoms with Gasteiger partial charge in [-0.15, -0.1) is 11.8 Å². The Bertz CT molecular complexity index is 481. The predicted octanol–water partition coefficient (Wildman–Crippen LogP) is 0.559. The second kappa shape index (κ2) is 6.42. The molecule has 102 valence electrons. The number of urea groups is 1. The van der Waals surface area contributed by atoms with E-state index < -0.39 is 0 Å². The van der Waals surface area contributed by atoms with Gasteiger partial charge in [0.15, 0.2) is 0 Å². The molecule has 0 bridgehead atoms. The third kappa shape index (κ3) is 3.37. The molecule has 6 nitrogen and oxygen atoms in total. The molecule has 0 atom stereocenters. The average molecular weight is 280 g/mol. The first-order chi connectivity index (χ1) is 9.22. The van der Waals surface area contributed by atoms with Crippen LogP contribution in [0, 0.1) is 0 Å². The number of hydrogen-bond donors (Lipinski definition) is 2. The number of thioether (sulfide) groups is 1. The molecule has 0 saturated carbocycles. The minimum Gasteiger partial charge on any atom is -0.350 e. The van der Waals surface area contributed by atoms with Crippen LogP contribution >= 0.6 is 11.8 Å². The van der Waals surface area contributed by atoms with Gasteiger partial charge in [0.2, 0.25) is 0 Å². The molecule has 2 rings (SSSR count). The fourth-order valence-corrected chi connectivity index (χ4v) is 2.40. The van der Waals surface area contributed by atoms with Gasteiger partial charge >= 0.3 is 6.03 Å². The van der Waals surface area contributed by atoms with Gasteiger partial charge in [-0.25, -0.2) is 9.78 Å². The van der Waals surface area contributed by atoms with Crippen LogP contribution in [-0.4, -0.2) is 54.3 Å². The largest absolute Gasteiger partial charge is 0.350 e. The van der Waals surface area contributed by atoms with Crippen LogP contribution in [0.4, 0.5) is 4.79 Å². The smallest absolute Gasteiger partial charge is 0.317 e. The number of carbonyl (C=O) groups is 2. The number of amides is 3. The number of nitrogens with one attached hydrogen (secondary N) is 2. The van der Waals surface area contributed by atoms with Crippen molar-refractivity contribution in [1.29, 1.82) is 0 Å². The summed E-state index contributed by atoms with van der Waals surface area (Å²) in [6, 6.07) is 3.42. The van der Waals surface area contributed by atoms with Gasteiger partial charge in [-0.3, -0.25) is 4.79 Å². The number of pyridine rings is 1. The van der Waals surface area contributed by atoms with Crippen molar-refractivity contribution in [3.8, 4) is 0 Å². The lowest BCUT2D eigenvalue weighted by Gasteiger charge is -2.14. The Labute approximate surface area is 116 Å². The van der Waals surface area contributed by atoms with Crippen molar-refractivity contribution in [3.05, 3.63) is 23.9 Å². The summed E-state index contributed by atoms with van der Waals surface area (Å²) in [5.41, 5.74) is 0.570. The first kappa shape index (κ1) is 13.7. The van der Waals surface area contributed by atoms with Crippen LogP contribution in [0.1, 0.15) is 10.4 Å². The van der Waals surface area contributed by atoms with Crippen LogP contribution in [0.25, 0.3) is 0 Å². The van der Waals surface area contributed by atoms with Crippen molar-refractivity contribution in [2.75, 3.05) is 32.4 Å². The Kier molecular flexibility index (Phi) is 4.62. The van der Waals surface area contributed by atoms with Crippen LogP contribution < -0.4 is 10.6 Å². The fourth-order valence-electron chi connectivity index (χ4n) is 1.85. The van der Waals surface area contributed by atoms with Gasteiger partial charge in [0.05, 0.1) is 5.56 Å². The molecule has 0 spiro atoms. The molecule has 1 saturated heterocycles. The number of nitrogens with zero attached hydrogens (tertiary/aromatic N) is 2. The standard InChI is InChI=1S/C12H16N4O2S/c1-19-11-9(3-2-4-14-11)10(17)13-5-7-16-8-6-15-12(16)18/h2-4H,5-8H2,1H3,(H,13,17)(H,15,18). The highest BCUT2D eigenvalue weighted by Gasteiger charge is 2.19. The second-order valence-electron chi connectivity index (χ2n) is 4.04. The number of aromatic nitrogens is 1. The van der Waals surface area contributed by atoms with Gasteiger partial charge in [0.25, 0.3) is 5.91 Å². The maximum absolute atomic E-state index is 12.0. The summed E-state index contributed by atoms with van der Waals surface area (Å²) in [6.07, 6.45) is 3.55. The lowest BCUT2D eigenvalue weighted by Crippen LogP contribution is -2.36. The quantitative estimate of drug-likeness (QED) is 0.773. The molecule has 1 aliphatic rings. The maximum Gasteiger partial charge on any atom is 0.317 e. The minimum absolute atomic E-state index is 0.0690. The molecule has 0 radical (unpaired) electrons. The second-order valence-corrected chi connectivity index (χ2v) is 4.83. The molecule has 2 N–H and O–H groups in total. The Morgan fingerprint density at radius 1 is 1.63 bits per heavy atom. The van der Waals surface area contributed by atoms with Gasteiger partial charge < -0.3 is 15.5 Å². The molecule has 0 aliphatic carbocycles. The van der Waals surface area contributed by atoms with Crippen LogP contribution in [0.5, 0.6) is 0 Å². The maximum atomic E-state index is 12.0. The zero-order valence-electron chi connectivity index (χ0n) is 10.7. The van der Waals surface area contributed by atoms with Crippen molar-refractivity contribution < 1.29 is 9.59 Å². The molecule has 0 unspecified atom stereocenters. The molecule has 19 heavy (non-hydrogen) atoms. The van der Waals surface area contributed by atoms with Crippen LogP contribution in [0.15, 0.2) is 23.4 Å². The summed E-state index contributed by atoms with van der Waals surface area (Å²) in [7, 11) is 0. The first-order valence-electron chi connectivity index (χ1n) is 6.02. The zero-order chi connectivity index (χ0) is 13.7. The summed E-state index contributed by atoms with van der Waals surface area (Å²) in [5, 5.41) is 6.23. The van der Waals surface area contributed by atoms with E-state index in [2.05, 4.69) is 15.6 Å². The van der Waals surface area contributed by atoms with E-state index in [0.29, 0.717) is 36.8 Å². The highest BCUT2D eigenvalue weighted by Crippen LogP contribution is 2.16. The van der Waals surface area contributed by atoms with E-state index in [4.69, 9.17) is 0 Å². The Hall–Kier alpha value is -1.76. The van der Waals surface area contributed by atoms with Gasteiger partial charge in [-0.05, 0) is 18.4 Å². The molecule has 1 fully saturated rings. The van der Waals surface area contributed by atoms with Gasteiger partial charge in [-0.1, -0.05) is 0 Å². The first-order valence-corrected chi connectivity index (χ1v) is 7.25. The molecular weight excluding hydrogens is 264 g/mol. The van der Waals surface area contributed by atoms with E-state index >= 15 is 0 Å². The van der Waals surface area contributed by atoms with E-state index in [1.54, 1.807) is 23.2 Å². The Balaban J connectivity index is 1.85. The molecule has 7 heteroatoms. The zero-order valence-corrected chi connectivity index (χ0v) is 11.5. The van der Waals surface area contributed by atoms with Crippen molar-refractivity contribution in [1.82, 2.24) is 20.5 Å². The molecular formula is C12H16N4O2S. The number of rotatable bonds is 5. The lowest BCUT2D eigenvalue weighted by atomic mass is 10.2. The van der Waals surface area contributed by atoms with Crippen molar-refractivity contribution in [3.63, 3.8) is 0 Å². The summed E-state index contributed by atoms with van der Waals surface area (Å²) in [4.78, 5) is 29.1. The molecule has 2 heterocycles. The van der Waals surface area contributed by atoms with Gasteiger partial charge in [0.1, 0.15) is 5.03 Å². The Morgan fingerprint density at radius 2 is 2.47 bits per heavy atom. The molecule has 0 aromatic carbocycles. The number of hydrogen-bond acceptors (Lipinski definition) is 4. The lowest BCUT2D eigenvalue weighted by molar-refractivity contribution is 0.0946. The summed E-state index contributed by atoms with van der Waals surface area (Å²) < 4.78 is 0. The minimum atomic E-state index is -0.156. The highest BCUT2D eigenvalue weighted by atomic mass is 32.2. The SMILES string of the molecule is CSc1ncccc1C(=O)NCCN1CCNC1=O. The molecule has 1 aromatic rings. The Morgan fingerprint density at radius 3 is 3.16 bits per heavy atom. The topological polar surface area (TPSA) is 74.3 Å². The predicted molar refractivity (Wildman–Crippen MR) is 73.3 cm³/mol. The summed E-state index contributed by atoms with van der Waals surface area (Å²) >= 11 is 1.44. The van der Waals surface area contributed by atoms with Crippen molar-refractivity contribution in [2.24, 2.45) is 0 Å². The van der Waals surface area contributed by atoms with Gasteiger partial charge in [0, 0.05) is 32.4 Å². The van der Waals surface area contributed by atoms with Crippen molar-refractivity contribution in [2.45, 2.75) is 5.03 Å². The highest BCUT2D eigenvalue weighted by molar-refractivity contribution is 7.98. The van der Waals surface area contributed by atoms with Crippen LogP contribution in [0.2, 0.25) is 0 Å². The summed E-state index contributed by atoms with van der Waals surface area (Å²) in [5.74, 6) is -0.156. The van der Waals surface area contributed by atoms with Crippen LogP contribution in [-0.2, 0) is 0 Å². The molecule has 1 aromatic heterocycles. The molecule has 1 aliphatic heterocycles. The van der Waals surface area contributed by atoms with Crippen molar-refractivity contribution >= 4 is 23.7 Å². The van der Waals surface area contributed by atoms with Gasteiger partial charge in [-0.2, -0.15) is 0 Å². The van der Waals surface area contributed by atoms with E-state index in [-0.39, 0.29) is 11.9 Å². The van der Waals surface area contributed by atoms with E-state index in [1.165, 1.54) is 11.8 Å². The summed E-state index contributed by atoms with van der Waals surface area (Å²) in [6.45, 7) is 2.32. The molecule has 3 amide bonds. The monoisotopic (exact) mass is 280 g/mol. The third-order valence-corrected chi connectivity index (χ3v) is 3.53. The van der Waals surface area contributed by atoms with E-state index in [1.807, 2.05) is 6.26 Å². The third-order valence-electron chi connectivity index (χ3n) is 2.82. The normalized spacial score (nSPS) is 14.4.